The molecule has 1 aliphatic carbocycles. The minimum absolute atomic E-state index is 0.602. The van der Waals surface area contributed by atoms with E-state index in [0.717, 1.165) is 11.5 Å². The first kappa shape index (κ1) is 11.8. The van der Waals surface area contributed by atoms with E-state index in [0.29, 0.717) is 10.7 Å². The van der Waals surface area contributed by atoms with E-state index in [2.05, 4.69) is 28.1 Å². The average molecular weight is 285 g/mol. The van der Waals surface area contributed by atoms with Crippen LogP contribution in [0.4, 0.5) is 0 Å². The van der Waals surface area contributed by atoms with Crippen molar-refractivity contribution in [2.75, 3.05) is 14.2 Å². The molecule has 0 N–H and O–H groups in total. The zero-order valence-corrected chi connectivity index (χ0v) is 11.3. The highest BCUT2D eigenvalue weighted by molar-refractivity contribution is 9.09. The Labute approximate surface area is 105 Å². The number of rotatable bonds is 3. The summed E-state index contributed by atoms with van der Waals surface area (Å²) >= 11 is 3.75. The third-order valence-electron chi connectivity index (χ3n) is 3.27. The van der Waals surface area contributed by atoms with Crippen molar-refractivity contribution in [1.29, 1.82) is 0 Å². The molecule has 0 aliphatic heterocycles. The van der Waals surface area contributed by atoms with Gasteiger partial charge in [0.15, 0.2) is 11.5 Å². The summed E-state index contributed by atoms with van der Waals surface area (Å²) in [5, 5.41) is 0. The Bertz CT molecular complexity index is 365. The fourth-order valence-electron chi connectivity index (χ4n) is 2.37. The maximum absolute atomic E-state index is 5.33. The minimum atomic E-state index is 0.602. The van der Waals surface area contributed by atoms with Gasteiger partial charge in [-0.2, -0.15) is 0 Å². The molecule has 0 spiro atoms. The first-order valence-electron chi connectivity index (χ1n) is 5.62. The van der Waals surface area contributed by atoms with Crippen LogP contribution in [-0.2, 0) is 0 Å². The third-order valence-corrected chi connectivity index (χ3v) is 4.36. The number of halogens is 1. The van der Waals surface area contributed by atoms with Crippen molar-refractivity contribution in [3.8, 4) is 11.5 Å². The summed E-state index contributed by atoms with van der Waals surface area (Å²) in [5.41, 5.74) is 1.34. The lowest BCUT2D eigenvalue weighted by atomic mass is 9.97. The number of alkyl halides is 1. The summed E-state index contributed by atoms with van der Waals surface area (Å²) in [4.78, 5) is 0.602. The SMILES string of the molecule is COc1ccc(C2CCCC2Br)cc1OC. The van der Waals surface area contributed by atoms with Crippen molar-refractivity contribution < 1.29 is 9.47 Å². The van der Waals surface area contributed by atoms with Crippen LogP contribution in [0.2, 0.25) is 0 Å². The molecule has 1 aliphatic rings. The van der Waals surface area contributed by atoms with Crippen molar-refractivity contribution in [3.05, 3.63) is 23.8 Å². The van der Waals surface area contributed by atoms with E-state index in [4.69, 9.17) is 9.47 Å². The summed E-state index contributed by atoms with van der Waals surface area (Å²) < 4.78 is 10.6. The van der Waals surface area contributed by atoms with E-state index in [1.807, 2.05) is 6.07 Å². The van der Waals surface area contributed by atoms with Gasteiger partial charge in [-0.25, -0.2) is 0 Å². The van der Waals surface area contributed by atoms with Crippen LogP contribution >= 0.6 is 15.9 Å². The third kappa shape index (κ3) is 2.19. The van der Waals surface area contributed by atoms with E-state index in [1.165, 1.54) is 24.8 Å². The van der Waals surface area contributed by atoms with Gasteiger partial charge in [0.1, 0.15) is 0 Å². The molecular weight excluding hydrogens is 268 g/mol. The molecule has 0 amide bonds. The van der Waals surface area contributed by atoms with Gasteiger partial charge in [0.25, 0.3) is 0 Å². The second kappa shape index (κ2) is 5.09. The molecule has 1 fully saturated rings. The Hall–Kier alpha value is -0.700. The van der Waals surface area contributed by atoms with E-state index >= 15 is 0 Å². The quantitative estimate of drug-likeness (QED) is 0.788. The van der Waals surface area contributed by atoms with Crippen LogP contribution in [0, 0.1) is 0 Å². The number of hydrogen-bond acceptors (Lipinski definition) is 2. The maximum Gasteiger partial charge on any atom is 0.160 e. The summed E-state index contributed by atoms with van der Waals surface area (Å²) in [7, 11) is 3.35. The Balaban J connectivity index is 2.28. The first-order chi connectivity index (χ1) is 7.76. The van der Waals surface area contributed by atoms with Crippen molar-refractivity contribution in [1.82, 2.24) is 0 Å². The summed E-state index contributed by atoms with van der Waals surface area (Å²) in [5.74, 6) is 2.24. The zero-order valence-electron chi connectivity index (χ0n) is 9.70. The monoisotopic (exact) mass is 284 g/mol. The molecule has 0 heterocycles. The lowest BCUT2D eigenvalue weighted by molar-refractivity contribution is 0.354. The smallest absolute Gasteiger partial charge is 0.160 e. The molecule has 3 heteroatoms. The summed E-state index contributed by atoms with van der Waals surface area (Å²) in [6.07, 6.45) is 3.82. The molecule has 2 unspecified atom stereocenters. The van der Waals surface area contributed by atoms with Gasteiger partial charge in [-0.1, -0.05) is 28.4 Å². The second-order valence-corrected chi connectivity index (χ2v) is 5.34. The molecule has 2 rings (SSSR count). The zero-order chi connectivity index (χ0) is 11.5. The van der Waals surface area contributed by atoms with E-state index in [-0.39, 0.29) is 0 Å². The molecule has 2 atom stereocenters. The molecule has 0 saturated heterocycles. The van der Waals surface area contributed by atoms with Gasteiger partial charge < -0.3 is 9.47 Å². The molecule has 88 valence electrons. The van der Waals surface area contributed by atoms with Crippen LogP contribution in [0.5, 0.6) is 11.5 Å². The van der Waals surface area contributed by atoms with Crippen LogP contribution in [0.1, 0.15) is 30.7 Å². The van der Waals surface area contributed by atoms with Gasteiger partial charge in [-0.15, -0.1) is 0 Å². The fourth-order valence-corrected chi connectivity index (χ4v) is 3.27. The number of hydrogen-bond donors (Lipinski definition) is 0. The standard InChI is InChI=1S/C13H17BrO2/c1-15-12-7-6-9(8-13(12)16-2)10-4-3-5-11(10)14/h6-8,10-11H,3-5H2,1-2H3. The Kier molecular flexibility index (Phi) is 3.74. The highest BCUT2D eigenvalue weighted by atomic mass is 79.9. The predicted octanol–water partition coefficient (Wildman–Crippen LogP) is 3.73. The lowest BCUT2D eigenvalue weighted by Crippen LogP contribution is -2.04. The van der Waals surface area contributed by atoms with Gasteiger partial charge >= 0.3 is 0 Å². The Morgan fingerprint density at radius 2 is 1.88 bits per heavy atom. The normalized spacial score (nSPS) is 24.4. The first-order valence-corrected chi connectivity index (χ1v) is 6.54. The Morgan fingerprint density at radius 1 is 1.12 bits per heavy atom. The van der Waals surface area contributed by atoms with Crippen molar-refractivity contribution >= 4 is 15.9 Å². The molecule has 16 heavy (non-hydrogen) atoms. The largest absolute Gasteiger partial charge is 0.493 e. The fraction of sp³-hybridized carbons (Fsp3) is 0.538. The van der Waals surface area contributed by atoms with Gasteiger partial charge in [-0.05, 0) is 36.5 Å². The number of ether oxygens (including phenoxy) is 2. The van der Waals surface area contributed by atoms with Gasteiger partial charge in [0, 0.05) is 4.83 Å². The maximum atomic E-state index is 5.33. The minimum Gasteiger partial charge on any atom is -0.493 e. The van der Waals surface area contributed by atoms with Crippen LogP contribution in [-0.4, -0.2) is 19.0 Å². The lowest BCUT2D eigenvalue weighted by Gasteiger charge is -2.16. The van der Waals surface area contributed by atoms with Crippen molar-refractivity contribution in [2.45, 2.75) is 30.0 Å². The van der Waals surface area contributed by atoms with Crippen LogP contribution in [0.3, 0.4) is 0 Å². The summed E-state index contributed by atoms with van der Waals surface area (Å²) in [6.45, 7) is 0. The average Bonchev–Trinajstić information content (AvgIpc) is 2.74. The molecule has 1 aromatic carbocycles. The molecular formula is C13H17BrO2. The topological polar surface area (TPSA) is 18.5 Å². The van der Waals surface area contributed by atoms with Crippen molar-refractivity contribution in [2.24, 2.45) is 0 Å². The Morgan fingerprint density at radius 3 is 2.44 bits per heavy atom. The van der Waals surface area contributed by atoms with Crippen LogP contribution in [0.25, 0.3) is 0 Å². The highest BCUT2D eigenvalue weighted by Crippen LogP contribution is 2.41. The van der Waals surface area contributed by atoms with Crippen LogP contribution in [0.15, 0.2) is 18.2 Å². The van der Waals surface area contributed by atoms with E-state index in [9.17, 15) is 0 Å². The number of benzene rings is 1. The van der Waals surface area contributed by atoms with Crippen molar-refractivity contribution in [3.63, 3.8) is 0 Å². The second-order valence-electron chi connectivity index (χ2n) is 4.17. The number of methoxy groups -OCH3 is 2. The molecule has 1 aromatic rings. The molecule has 0 bridgehead atoms. The summed E-state index contributed by atoms with van der Waals surface area (Å²) in [6, 6.07) is 6.24. The van der Waals surface area contributed by atoms with Gasteiger partial charge in [0.2, 0.25) is 0 Å². The molecule has 0 aromatic heterocycles. The van der Waals surface area contributed by atoms with E-state index in [1.54, 1.807) is 14.2 Å². The van der Waals surface area contributed by atoms with Gasteiger partial charge in [-0.3, -0.25) is 0 Å². The molecule has 1 saturated carbocycles. The highest BCUT2D eigenvalue weighted by Gasteiger charge is 2.26. The predicted molar refractivity (Wildman–Crippen MR) is 68.9 cm³/mol. The molecule has 0 radical (unpaired) electrons. The van der Waals surface area contributed by atoms with Gasteiger partial charge in [0.05, 0.1) is 14.2 Å². The van der Waals surface area contributed by atoms with E-state index < -0.39 is 0 Å². The molecule has 2 nitrogen and oxygen atoms in total. The van der Waals surface area contributed by atoms with Crippen LogP contribution < -0.4 is 9.47 Å².